The molecule has 0 saturated heterocycles. The lowest BCUT2D eigenvalue weighted by molar-refractivity contribution is -0.129. The molecule has 1 unspecified atom stereocenters. The number of Topliss-reactive ketones (excluding diaryl/α,β-unsaturated/α-hetero) is 1. The van der Waals surface area contributed by atoms with Gasteiger partial charge in [0.1, 0.15) is 11.8 Å². The van der Waals surface area contributed by atoms with Crippen LogP contribution in [0.3, 0.4) is 0 Å². The number of carbonyl (C=O) groups excluding carboxylic acids is 3. The van der Waals surface area contributed by atoms with Crippen molar-refractivity contribution < 1.29 is 14.4 Å². The first-order valence-electron chi connectivity index (χ1n) is 10.8. The van der Waals surface area contributed by atoms with Crippen molar-refractivity contribution in [2.45, 2.75) is 32.0 Å². The number of benzene rings is 2. The molecule has 0 saturated carbocycles. The van der Waals surface area contributed by atoms with Crippen LogP contribution in [0.2, 0.25) is 0 Å². The smallest absolute Gasteiger partial charge is 0.272 e. The highest BCUT2D eigenvalue weighted by molar-refractivity contribution is 7.90. The number of allylic oxidation sites excluding steroid dienone is 1. The fourth-order valence-electron chi connectivity index (χ4n) is 3.81. The van der Waals surface area contributed by atoms with Crippen LogP contribution in [0.4, 0.5) is 5.69 Å². The Kier molecular flexibility index (Phi) is 6.93. The predicted molar refractivity (Wildman–Crippen MR) is 131 cm³/mol. The summed E-state index contributed by atoms with van der Waals surface area (Å²) in [6.45, 7) is 1.44. The molecule has 2 aliphatic rings. The predicted octanol–water partition coefficient (Wildman–Crippen LogP) is 3.01. The molecule has 2 aliphatic heterocycles. The number of anilines is 1. The molecular weight excluding hydrogens is 436 g/mol. The number of fused-ring (bicyclic) bond motifs is 1. The average Bonchev–Trinajstić information content (AvgIpc) is 3.30. The number of carbonyl (C=O) groups is 3. The van der Waals surface area contributed by atoms with Crippen LogP contribution in [0.5, 0.6) is 0 Å². The number of hydrogen-bond acceptors (Lipinski definition) is 5. The van der Waals surface area contributed by atoms with Gasteiger partial charge in [0.05, 0.1) is 11.4 Å². The Morgan fingerprint density at radius 3 is 2.61 bits per heavy atom. The zero-order valence-corrected chi connectivity index (χ0v) is 19.4. The van der Waals surface area contributed by atoms with Gasteiger partial charge in [-0.3, -0.25) is 14.4 Å². The molecular formula is C25H26N4O3S. The highest BCUT2D eigenvalue weighted by Gasteiger charge is 2.33. The molecule has 0 bridgehead atoms. The molecule has 0 radical (unpaired) electrons. The van der Waals surface area contributed by atoms with Gasteiger partial charge in [-0.2, -0.15) is 0 Å². The summed E-state index contributed by atoms with van der Waals surface area (Å²) in [7, 11) is 1.28. The van der Waals surface area contributed by atoms with Crippen LogP contribution in [0.15, 0.2) is 75.4 Å². The van der Waals surface area contributed by atoms with Crippen molar-refractivity contribution in [3.05, 3.63) is 77.2 Å². The fourth-order valence-corrected chi connectivity index (χ4v) is 5.36. The number of nitrogens with zero attached hydrogens (tertiary/aromatic N) is 3. The Morgan fingerprint density at radius 2 is 1.91 bits per heavy atom. The van der Waals surface area contributed by atoms with Crippen molar-refractivity contribution >= 4 is 39.7 Å². The first kappa shape index (κ1) is 22.8. The summed E-state index contributed by atoms with van der Waals surface area (Å²) in [6, 6.07) is 16.2. The number of likely N-dealkylation sites (N-methyl/N-ethyl adjacent to an activating group) is 1. The summed E-state index contributed by atoms with van der Waals surface area (Å²) >= 11 is 0. The number of aliphatic imine (C=N–C) groups is 1. The maximum atomic E-state index is 13.3. The highest BCUT2D eigenvalue weighted by Crippen LogP contribution is 2.27. The molecule has 7 nitrogen and oxygen atoms in total. The third-order valence-corrected chi connectivity index (χ3v) is 7.15. The van der Waals surface area contributed by atoms with E-state index >= 15 is 0 Å². The van der Waals surface area contributed by atoms with E-state index in [1.165, 1.54) is 11.8 Å². The van der Waals surface area contributed by atoms with Gasteiger partial charge in [-0.1, -0.05) is 65.3 Å². The molecule has 2 aromatic carbocycles. The Hall–Kier alpha value is -3.39. The zero-order valence-electron chi connectivity index (χ0n) is 18.6. The lowest BCUT2D eigenvalue weighted by atomic mass is 10.0. The normalized spacial score (nSPS) is 20.7. The van der Waals surface area contributed by atoms with E-state index in [-0.39, 0.29) is 28.8 Å². The zero-order chi connectivity index (χ0) is 23.4. The SMILES string of the molecule is CC(=O)C[C@H](N=S1C=CCC1)C(=O)N[C@H]1N=C(c2ccccc2)c2ccccc2N(C)C1=O. The largest absolute Gasteiger partial charge is 0.325 e. The monoisotopic (exact) mass is 462 g/mol. The molecule has 33 heavy (non-hydrogen) atoms. The second-order valence-electron chi connectivity index (χ2n) is 7.96. The van der Waals surface area contributed by atoms with Crippen LogP contribution in [0, 0.1) is 0 Å². The lowest BCUT2D eigenvalue weighted by Crippen LogP contribution is -2.49. The summed E-state index contributed by atoms with van der Waals surface area (Å²) in [6.07, 6.45) is 1.81. The minimum Gasteiger partial charge on any atom is -0.325 e. The van der Waals surface area contributed by atoms with Crippen LogP contribution in [0.1, 0.15) is 30.9 Å². The van der Waals surface area contributed by atoms with Gasteiger partial charge in [-0.05, 0) is 24.8 Å². The van der Waals surface area contributed by atoms with E-state index < -0.39 is 18.1 Å². The summed E-state index contributed by atoms with van der Waals surface area (Å²) in [5.41, 5.74) is 2.98. The third-order valence-electron chi connectivity index (χ3n) is 5.46. The maximum Gasteiger partial charge on any atom is 0.272 e. The van der Waals surface area contributed by atoms with Crippen LogP contribution in [-0.2, 0) is 25.1 Å². The van der Waals surface area contributed by atoms with Gasteiger partial charge in [-0.15, -0.1) is 0 Å². The van der Waals surface area contributed by atoms with Gasteiger partial charge < -0.3 is 10.2 Å². The summed E-state index contributed by atoms with van der Waals surface area (Å²) < 4.78 is 4.60. The summed E-state index contributed by atoms with van der Waals surface area (Å²) in [5, 5.41) is 4.75. The van der Waals surface area contributed by atoms with Crippen LogP contribution >= 0.6 is 0 Å². The van der Waals surface area contributed by atoms with E-state index in [4.69, 9.17) is 4.99 Å². The number of benzodiazepines with no additional fused rings is 1. The van der Waals surface area contributed by atoms with Crippen LogP contribution in [-0.4, -0.2) is 48.3 Å². The molecule has 3 atom stereocenters. The number of ketones is 1. The van der Waals surface area contributed by atoms with Gasteiger partial charge in [-0.25, -0.2) is 9.36 Å². The van der Waals surface area contributed by atoms with E-state index in [0.29, 0.717) is 11.4 Å². The molecule has 2 aromatic rings. The maximum absolute atomic E-state index is 13.3. The molecule has 2 amide bonds. The molecule has 0 fully saturated rings. The van der Waals surface area contributed by atoms with Crippen molar-refractivity contribution in [3.63, 3.8) is 0 Å². The second-order valence-corrected chi connectivity index (χ2v) is 9.66. The van der Waals surface area contributed by atoms with Crippen molar-refractivity contribution in [3.8, 4) is 0 Å². The van der Waals surface area contributed by atoms with E-state index in [0.717, 1.165) is 23.3 Å². The van der Waals surface area contributed by atoms with Crippen molar-refractivity contribution in [1.82, 2.24) is 5.32 Å². The molecule has 170 valence electrons. The van der Waals surface area contributed by atoms with Gasteiger partial charge >= 0.3 is 0 Å². The minimum atomic E-state index is -1.13. The van der Waals surface area contributed by atoms with E-state index in [1.54, 1.807) is 7.05 Å². The van der Waals surface area contributed by atoms with Crippen molar-refractivity contribution in [1.29, 1.82) is 0 Å². The molecule has 1 N–H and O–H groups in total. The number of hydrogen-bond donors (Lipinski definition) is 1. The molecule has 0 spiro atoms. The lowest BCUT2D eigenvalue weighted by Gasteiger charge is -2.22. The first-order valence-corrected chi connectivity index (χ1v) is 12.2. The molecule has 4 rings (SSSR count). The number of nitrogens with one attached hydrogen (secondary N) is 1. The van der Waals surface area contributed by atoms with E-state index in [9.17, 15) is 14.4 Å². The fraction of sp³-hybridized carbons (Fsp3) is 0.280. The summed E-state index contributed by atoms with van der Waals surface area (Å²) in [5.74, 6) is -0.104. The van der Waals surface area contributed by atoms with E-state index in [1.807, 2.05) is 66.1 Å². The highest BCUT2D eigenvalue weighted by atomic mass is 32.2. The quantitative estimate of drug-likeness (QED) is 0.715. The molecule has 2 heterocycles. The second kappa shape index (κ2) is 10.0. The van der Waals surface area contributed by atoms with Crippen LogP contribution in [0.25, 0.3) is 0 Å². The topological polar surface area (TPSA) is 91.2 Å². The Morgan fingerprint density at radius 1 is 1.18 bits per heavy atom. The number of amides is 2. The van der Waals surface area contributed by atoms with Gasteiger partial charge in [0, 0.05) is 30.3 Å². The molecule has 0 aliphatic carbocycles. The first-order chi connectivity index (χ1) is 15.9. The Labute approximate surface area is 195 Å². The molecule has 8 heteroatoms. The summed E-state index contributed by atoms with van der Waals surface area (Å²) in [4.78, 5) is 44.5. The minimum absolute atomic E-state index is 0.00456. The van der Waals surface area contributed by atoms with Crippen LogP contribution < -0.4 is 10.2 Å². The van der Waals surface area contributed by atoms with Gasteiger partial charge in [0.25, 0.3) is 5.91 Å². The van der Waals surface area contributed by atoms with Crippen molar-refractivity contribution in [2.24, 2.45) is 9.36 Å². The Bertz CT molecular complexity index is 1170. The molecule has 0 aromatic heterocycles. The number of rotatable bonds is 6. The van der Waals surface area contributed by atoms with Gasteiger partial charge in [0.2, 0.25) is 12.1 Å². The average molecular weight is 463 g/mol. The van der Waals surface area contributed by atoms with Crippen molar-refractivity contribution in [2.75, 3.05) is 17.7 Å². The Balaban J connectivity index is 1.70. The number of para-hydroxylation sites is 1. The van der Waals surface area contributed by atoms with Gasteiger partial charge in [0.15, 0.2) is 0 Å². The van der Waals surface area contributed by atoms with E-state index in [2.05, 4.69) is 9.68 Å². The third kappa shape index (κ3) is 5.17. The standard InChI is InChI=1S/C25H26N4O3S/c1-17(30)16-20(28-33-14-8-9-15-33)24(31)27-23-25(32)29(2)21-13-7-6-12-19(21)22(26-23)18-10-4-3-5-11-18/h3-8,10-14,20,23H,9,15-16H2,1-2H3,(H,27,31)/t20-,23+,33?/m0/s1.